The van der Waals surface area contributed by atoms with Gasteiger partial charge in [0.1, 0.15) is 11.6 Å². The first-order chi connectivity index (χ1) is 19.7. The highest BCUT2D eigenvalue weighted by molar-refractivity contribution is 7.89. The predicted octanol–water partition coefficient (Wildman–Crippen LogP) is 5.23. The van der Waals surface area contributed by atoms with Crippen LogP contribution in [0.25, 0.3) is 11.1 Å². The van der Waals surface area contributed by atoms with Gasteiger partial charge in [-0.3, -0.25) is 4.79 Å². The largest absolute Gasteiger partial charge is 0.472 e. The maximum atomic E-state index is 13.8. The Balaban J connectivity index is 1.49. The molecule has 1 aromatic carbocycles. The summed E-state index contributed by atoms with van der Waals surface area (Å²) in [4.78, 5) is 20.9. The van der Waals surface area contributed by atoms with Crippen LogP contribution in [0.15, 0.2) is 58.2 Å². The van der Waals surface area contributed by atoms with Gasteiger partial charge in [0, 0.05) is 29.9 Å². The van der Waals surface area contributed by atoms with Crippen LogP contribution in [0.5, 0.6) is 0 Å². The van der Waals surface area contributed by atoms with Gasteiger partial charge in [-0.25, -0.2) is 18.1 Å². The molecule has 0 unspecified atom stereocenters. The molecule has 1 saturated carbocycles. The van der Waals surface area contributed by atoms with Crippen molar-refractivity contribution in [1.82, 2.24) is 9.71 Å². The molecule has 11 heteroatoms. The molecule has 0 atom stereocenters. The van der Waals surface area contributed by atoms with Gasteiger partial charge in [0.2, 0.25) is 10.0 Å². The van der Waals surface area contributed by atoms with Gasteiger partial charge in [0.05, 0.1) is 35.1 Å². The molecular formula is C31H41N5O5S. The molecule has 0 radical (unpaired) electrons. The molecule has 3 aromatic rings. The fraction of sp³-hybridized carbons (Fsp3) is 0.484. The van der Waals surface area contributed by atoms with Crippen molar-refractivity contribution in [2.24, 2.45) is 5.41 Å². The van der Waals surface area contributed by atoms with E-state index in [0.717, 1.165) is 25.9 Å². The second-order valence-corrected chi connectivity index (χ2v) is 15.0. The number of carbonyl (C=O) groups is 1. The van der Waals surface area contributed by atoms with E-state index in [1.165, 1.54) is 31.4 Å². The third-order valence-corrected chi connectivity index (χ3v) is 9.57. The number of benzene rings is 1. The molecule has 1 aliphatic carbocycles. The van der Waals surface area contributed by atoms with Crippen molar-refractivity contribution in [3.05, 3.63) is 54.5 Å². The van der Waals surface area contributed by atoms with E-state index in [1.54, 1.807) is 51.1 Å². The van der Waals surface area contributed by atoms with Crippen LogP contribution >= 0.6 is 0 Å². The Hall–Kier alpha value is -3.41. The summed E-state index contributed by atoms with van der Waals surface area (Å²) in [5.74, 6) is 0.736. The van der Waals surface area contributed by atoms with Gasteiger partial charge < -0.3 is 25.1 Å². The van der Waals surface area contributed by atoms with E-state index in [4.69, 9.17) is 9.40 Å². The number of hydrogen-bond donors (Lipinski definition) is 4. The minimum absolute atomic E-state index is 0.0290. The summed E-state index contributed by atoms with van der Waals surface area (Å²) in [5, 5.41) is 15.9. The average molecular weight is 596 g/mol. The standard InChI is InChI=1S/C31H41N5O5S/c1-29(2,3)35-42(39,40)24-17-22(21-8-15-41-19-21)16-23(18-24)32-28(38)25-6-7-26(34-30(4,5)20-37)33-27(25)36-13-11-31(9-10-31)12-14-36/h6-8,15-19,35,37H,9-14,20H2,1-5H3,(H,32,38)(H,33,34). The molecular weight excluding hydrogens is 554 g/mol. The number of sulfonamides is 1. The number of anilines is 3. The minimum Gasteiger partial charge on any atom is -0.472 e. The van der Waals surface area contributed by atoms with Crippen molar-refractivity contribution >= 4 is 33.3 Å². The SMILES string of the molecule is CC(C)(C)NS(=O)(=O)c1cc(NC(=O)c2ccc(NC(C)(C)CO)nc2N2CCC3(CC2)CC3)cc(-c2ccoc2)c1. The molecule has 1 spiro atoms. The van der Waals surface area contributed by atoms with Crippen LogP contribution < -0.4 is 20.3 Å². The van der Waals surface area contributed by atoms with Crippen LogP contribution in [-0.2, 0) is 10.0 Å². The fourth-order valence-electron chi connectivity index (χ4n) is 5.27. The van der Waals surface area contributed by atoms with E-state index in [9.17, 15) is 18.3 Å². The Morgan fingerprint density at radius 3 is 2.33 bits per heavy atom. The number of aromatic nitrogens is 1. The van der Waals surface area contributed by atoms with E-state index in [1.807, 2.05) is 13.8 Å². The molecule has 1 amide bonds. The first-order valence-electron chi connectivity index (χ1n) is 14.4. The zero-order valence-corrected chi connectivity index (χ0v) is 25.8. The number of amides is 1. The third-order valence-electron chi connectivity index (χ3n) is 7.83. The van der Waals surface area contributed by atoms with Crippen molar-refractivity contribution in [2.45, 2.75) is 76.3 Å². The van der Waals surface area contributed by atoms with Crippen LogP contribution in [0.2, 0.25) is 0 Å². The van der Waals surface area contributed by atoms with Gasteiger partial charge in [-0.15, -0.1) is 0 Å². The number of nitrogens with zero attached hydrogens (tertiary/aromatic N) is 2. The van der Waals surface area contributed by atoms with E-state index in [2.05, 4.69) is 20.3 Å². The van der Waals surface area contributed by atoms with E-state index in [0.29, 0.717) is 39.4 Å². The number of piperidine rings is 1. The Bertz CT molecular complexity index is 1550. The lowest BCUT2D eigenvalue weighted by Crippen LogP contribution is -2.40. The highest BCUT2D eigenvalue weighted by Crippen LogP contribution is 2.54. The van der Waals surface area contributed by atoms with Crippen LogP contribution in [0, 0.1) is 5.41 Å². The Labute approximate surface area is 248 Å². The number of nitrogens with one attached hydrogen (secondary N) is 3. The third kappa shape index (κ3) is 6.96. The summed E-state index contributed by atoms with van der Waals surface area (Å²) in [5.41, 5.74) is 1.16. The molecule has 4 N–H and O–H groups in total. The lowest BCUT2D eigenvalue weighted by molar-refractivity contribution is 0.102. The summed E-state index contributed by atoms with van der Waals surface area (Å²) in [6.45, 7) is 10.6. The van der Waals surface area contributed by atoms with Crippen LogP contribution in [-0.4, -0.2) is 55.2 Å². The van der Waals surface area contributed by atoms with Crippen LogP contribution in [0.1, 0.15) is 70.7 Å². The predicted molar refractivity (Wildman–Crippen MR) is 164 cm³/mol. The summed E-state index contributed by atoms with van der Waals surface area (Å²) in [6.07, 6.45) is 7.68. The average Bonchev–Trinajstić information content (AvgIpc) is 3.42. The summed E-state index contributed by atoms with van der Waals surface area (Å²) >= 11 is 0. The molecule has 2 aromatic heterocycles. The molecule has 1 saturated heterocycles. The van der Waals surface area contributed by atoms with Gasteiger partial charge in [0.25, 0.3) is 5.91 Å². The Morgan fingerprint density at radius 1 is 1.02 bits per heavy atom. The van der Waals surface area contributed by atoms with Crippen LogP contribution in [0.4, 0.5) is 17.3 Å². The van der Waals surface area contributed by atoms with Crippen molar-refractivity contribution in [3.63, 3.8) is 0 Å². The van der Waals surface area contributed by atoms with Crippen molar-refractivity contribution in [3.8, 4) is 11.1 Å². The van der Waals surface area contributed by atoms with E-state index >= 15 is 0 Å². The lowest BCUT2D eigenvalue weighted by atomic mass is 9.93. The quantitative estimate of drug-likeness (QED) is 0.264. The topological polar surface area (TPSA) is 137 Å². The molecule has 226 valence electrons. The summed E-state index contributed by atoms with van der Waals surface area (Å²) in [7, 11) is -3.89. The number of carbonyl (C=O) groups excluding carboxylic acids is 1. The first-order valence-corrected chi connectivity index (χ1v) is 15.8. The lowest BCUT2D eigenvalue weighted by Gasteiger charge is -2.34. The van der Waals surface area contributed by atoms with Gasteiger partial charge in [-0.1, -0.05) is 0 Å². The highest BCUT2D eigenvalue weighted by Gasteiger charge is 2.45. The van der Waals surface area contributed by atoms with E-state index < -0.39 is 27.0 Å². The number of aliphatic hydroxyl groups excluding tert-OH is 1. The fourth-order valence-corrected chi connectivity index (χ4v) is 6.76. The first kappa shape index (κ1) is 30.1. The minimum atomic E-state index is -3.89. The zero-order valence-electron chi connectivity index (χ0n) is 25.0. The Morgan fingerprint density at radius 2 is 1.74 bits per heavy atom. The number of hydrogen-bond acceptors (Lipinski definition) is 8. The molecule has 10 nitrogen and oxygen atoms in total. The monoisotopic (exact) mass is 595 g/mol. The maximum absolute atomic E-state index is 13.8. The molecule has 0 bridgehead atoms. The highest BCUT2D eigenvalue weighted by atomic mass is 32.2. The normalized spacial score (nSPS) is 16.9. The maximum Gasteiger partial charge on any atom is 0.259 e. The van der Waals surface area contributed by atoms with Gasteiger partial charge in [0.15, 0.2) is 0 Å². The van der Waals surface area contributed by atoms with Crippen molar-refractivity contribution in [1.29, 1.82) is 0 Å². The summed E-state index contributed by atoms with van der Waals surface area (Å²) < 4.78 is 34.5. The molecule has 5 rings (SSSR count). The second-order valence-electron chi connectivity index (χ2n) is 13.3. The van der Waals surface area contributed by atoms with Gasteiger partial charge in [-0.05, 0) is 108 Å². The van der Waals surface area contributed by atoms with Crippen LogP contribution in [0.3, 0.4) is 0 Å². The molecule has 42 heavy (non-hydrogen) atoms. The number of aliphatic hydroxyl groups is 1. The second kappa shape index (κ2) is 11.0. The van der Waals surface area contributed by atoms with Gasteiger partial charge in [-0.2, -0.15) is 0 Å². The number of furan rings is 1. The zero-order chi connectivity index (χ0) is 30.3. The van der Waals surface area contributed by atoms with E-state index in [-0.39, 0.29) is 11.5 Å². The van der Waals surface area contributed by atoms with Gasteiger partial charge >= 0.3 is 0 Å². The van der Waals surface area contributed by atoms with Crippen molar-refractivity contribution in [2.75, 3.05) is 35.2 Å². The molecule has 2 fully saturated rings. The Kier molecular flexibility index (Phi) is 7.88. The van der Waals surface area contributed by atoms with Crippen molar-refractivity contribution < 1.29 is 22.7 Å². The smallest absolute Gasteiger partial charge is 0.259 e. The molecule has 2 aliphatic rings. The number of rotatable bonds is 9. The number of pyridine rings is 1. The molecule has 1 aliphatic heterocycles. The molecule has 3 heterocycles. The summed E-state index contributed by atoms with van der Waals surface area (Å²) in [6, 6.07) is 9.94.